The molecule has 2 saturated heterocycles. The minimum absolute atomic E-state index is 0.265. The van der Waals surface area contributed by atoms with E-state index in [1.165, 1.54) is 50.8 Å². The number of hydrogen-bond donors (Lipinski definition) is 2. The molecule has 7 nitrogen and oxygen atoms in total. The molecule has 2 aliphatic heterocycles. The van der Waals surface area contributed by atoms with Crippen LogP contribution in [0.5, 0.6) is 0 Å². The Morgan fingerprint density at radius 3 is 2.32 bits per heavy atom. The second-order valence-corrected chi connectivity index (χ2v) is 12.0. The van der Waals surface area contributed by atoms with Crippen molar-refractivity contribution < 1.29 is 9.59 Å². The number of carbonyl (C=O) groups is 2. The normalized spacial score (nSPS) is 17.0. The highest BCUT2D eigenvalue weighted by atomic mass is 79.9. The molecule has 0 radical (unpaired) electrons. The monoisotopic (exact) mass is 615 g/mol. The lowest BCUT2D eigenvalue weighted by molar-refractivity contribution is 0.0896. The van der Waals surface area contributed by atoms with Crippen LogP contribution in [0.2, 0.25) is 0 Å². The maximum atomic E-state index is 13.1. The summed E-state index contributed by atoms with van der Waals surface area (Å²) in [6, 6.07) is 21.5. The Balaban J connectivity index is 1.15. The third kappa shape index (κ3) is 8.12. The molecule has 3 aromatic carbocycles. The molecule has 2 N–H and O–H groups in total. The molecule has 0 spiro atoms. The molecule has 0 aliphatic carbocycles. The largest absolute Gasteiger partial charge is 0.321 e. The number of benzene rings is 3. The molecule has 0 aromatic heterocycles. The van der Waals surface area contributed by atoms with Gasteiger partial charge in [-0.15, -0.1) is 0 Å². The van der Waals surface area contributed by atoms with E-state index in [1.54, 1.807) is 24.4 Å². The van der Waals surface area contributed by atoms with Crippen molar-refractivity contribution in [3.8, 4) is 0 Å². The number of likely N-dealkylation sites (tertiary alicyclic amines) is 2. The molecule has 0 bridgehead atoms. The van der Waals surface area contributed by atoms with Crippen molar-refractivity contribution >= 4 is 39.6 Å². The highest BCUT2D eigenvalue weighted by Gasteiger charge is 2.25. The summed E-state index contributed by atoms with van der Waals surface area (Å²) in [6.45, 7) is 7.68. The van der Waals surface area contributed by atoms with Crippen LogP contribution in [0.1, 0.15) is 69.5 Å². The summed E-state index contributed by atoms with van der Waals surface area (Å²) in [5.41, 5.74) is 7.08. The molecule has 2 fully saturated rings. The minimum Gasteiger partial charge on any atom is -0.321 e. The fourth-order valence-corrected chi connectivity index (χ4v) is 5.99. The first-order chi connectivity index (χ1) is 19.9. The summed E-state index contributed by atoms with van der Waals surface area (Å²) in [6.07, 6.45) is 8.14. The Kier molecular flexibility index (Phi) is 9.98. The van der Waals surface area contributed by atoms with Crippen LogP contribution in [0.3, 0.4) is 0 Å². The van der Waals surface area contributed by atoms with E-state index in [0.717, 1.165) is 41.3 Å². The predicted octanol–water partition coefficient (Wildman–Crippen LogP) is 6.22. The van der Waals surface area contributed by atoms with E-state index in [1.807, 2.05) is 55.5 Å². The van der Waals surface area contributed by atoms with Gasteiger partial charge < -0.3 is 10.2 Å². The van der Waals surface area contributed by atoms with Gasteiger partial charge in [0.15, 0.2) is 0 Å². The highest BCUT2D eigenvalue weighted by molar-refractivity contribution is 9.10. The number of carbonyl (C=O) groups excluding carboxylic acids is 2. The summed E-state index contributed by atoms with van der Waals surface area (Å²) >= 11 is 3.42. The van der Waals surface area contributed by atoms with Gasteiger partial charge in [-0.2, -0.15) is 5.10 Å². The van der Waals surface area contributed by atoms with Crippen molar-refractivity contribution in [3.63, 3.8) is 0 Å². The molecule has 0 atom stereocenters. The number of hydrazone groups is 1. The molecular weight excluding hydrogens is 578 g/mol. The van der Waals surface area contributed by atoms with Crippen molar-refractivity contribution in [2.45, 2.75) is 51.6 Å². The predicted molar refractivity (Wildman–Crippen MR) is 168 cm³/mol. The second kappa shape index (κ2) is 14.0. The summed E-state index contributed by atoms with van der Waals surface area (Å²) in [5.74, 6) is -0.678. The van der Waals surface area contributed by atoms with Crippen LogP contribution in [-0.2, 0) is 6.54 Å². The van der Waals surface area contributed by atoms with Crippen molar-refractivity contribution in [1.82, 2.24) is 15.2 Å². The smallest absolute Gasteiger partial charge is 0.273 e. The fraction of sp³-hybridized carbons (Fsp3) is 0.364. The third-order valence-corrected chi connectivity index (χ3v) is 8.51. The van der Waals surface area contributed by atoms with Crippen molar-refractivity contribution in [3.05, 3.63) is 99.0 Å². The number of nitrogens with zero attached hydrogens (tertiary/aromatic N) is 3. The molecule has 8 heteroatoms. The number of halogens is 1. The van der Waals surface area contributed by atoms with Gasteiger partial charge in [-0.1, -0.05) is 64.3 Å². The van der Waals surface area contributed by atoms with Gasteiger partial charge in [0.05, 0.1) is 17.5 Å². The van der Waals surface area contributed by atoms with E-state index in [-0.39, 0.29) is 5.91 Å². The van der Waals surface area contributed by atoms with Gasteiger partial charge in [-0.3, -0.25) is 14.5 Å². The number of nitrogens with one attached hydrogen (secondary N) is 2. The molecule has 2 heterocycles. The van der Waals surface area contributed by atoms with Gasteiger partial charge in [0.2, 0.25) is 0 Å². The molecule has 2 amide bonds. The molecule has 5 rings (SSSR count). The zero-order valence-electron chi connectivity index (χ0n) is 23.6. The molecule has 0 saturated carbocycles. The lowest BCUT2D eigenvalue weighted by atomic mass is 9.99. The van der Waals surface area contributed by atoms with E-state index in [9.17, 15) is 9.59 Å². The molecular formula is C33H38BrN5O2. The van der Waals surface area contributed by atoms with Crippen molar-refractivity contribution in [2.75, 3.05) is 31.5 Å². The van der Waals surface area contributed by atoms with Crippen LogP contribution >= 0.6 is 15.9 Å². The average Bonchev–Trinajstić information content (AvgIpc) is 3.00. The molecule has 0 unspecified atom stereocenters. The number of hydrogen-bond acceptors (Lipinski definition) is 5. The number of piperidine rings is 2. The first kappa shape index (κ1) is 29.2. The fourth-order valence-electron chi connectivity index (χ4n) is 5.63. The van der Waals surface area contributed by atoms with Crippen molar-refractivity contribution in [2.24, 2.45) is 5.10 Å². The summed E-state index contributed by atoms with van der Waals surface area (Å²) in [4.78, 5) is 31.2. The number of aryl methyl sites for hydroxylation is 1. The maximum absolute atomic E-state index is 13.1. The van der Waals surface area contributed by atoms with Gasteiger partial charge in [-0.05, 0) is 100 Å². The van der Waals surface area contributed by atoms with Crippen LogP contribution in [0.15, 0.2) is 76.3 Å². The number of rotatable bonds is 8. The van der Waals surface area contributed by atoms with E-state index >= 15 is 0 Å². The average molecular weight is 617 g/mol. The van der Waals surface area contributed by atoms with Crippen LogP contribution < -0.4 is 10.7 Å². The molecule has 3 aromatic rings. The Morgan fingerprint density at radius 1 is 0.902 bits per heavy atom. The lowest BCUT2D eigenvalue weighted by Gasteiger charge is -2.40. The Bertz CT molecular complexity index is 1360. The summed E-state index contributed by atoms with van der Waals surface area (Å²) < 4.78 is 0.729. The van der Waals surface area contributed by atoms with E-state index in [0.29, 0.717) is 16.8 Å². The third-order valence-electron chi connectivity index (χ3n) is 8.02. The molecule has 41 heavy (non-hydrogen) atoms. The topological polar surface area (TPSA) is 77.0 Å². The van der Waals surface area contributed by atoms with E-state index in [4.69, 9.17) is 0 Å². The minimum atomic E-state index is -0.413. The molecule has 2 aliphatic rings. The Labute approximate surface area is 251 Å². The van der Waals surface area contributed by atoms with Crippen LogP contribution in [0, 0.1) is 6.92 Å². The zero-order valence-corrected chi connectivity index (χ0v) is 25.2. The van der Waals surface area contributed by atoms with E-state index < -0.39 is 5.91 Å². The SMILES string of the molecule is Cc1ccc(/C=N/NC(=O)c2cc(Br)ccc2NC(=O)c2ccc(CN3CCC(N4CCCCC4)CC3)cc2)cc1. The van der Waals surface area contributed by atoms with Gasteiger partial charge in [0, 0.05) is 22.6 Å². The highest BCUT2D eigenvalue weighted by Crippen LogP contribution is 2.24. The first-order valence-electron chi connectivity index (χ1n) is 14.5. The quantitative estimate of drug-likeness (QED) is 0.233. The number of anilines is 1. The Hall–Kier alpha value is -3.33. The second-order valence-electron chi connectivity index (χ2n) is 11.1. The van der Waals surface area contributed by atoms with E-state index in [2.05, 4.69) is 41.6 Å². The first-order valence-corrected chi connectivity index (χ1v) is 15.3. The summed E-state index contributed by atoms with van der Waals surface area (Å²) in [7, 11) is 0. The van der Waals surface area contributed by atoms with Gasteiger partial charge in [-0.25, -0.2) is 5.43 Å². The van der Waals surface area contributed by atoms with Crippen LogP contribution in [-0.4, -0.2) is 60.0 Å². The van der Waals surface area contributed by atoms with Gasteiger partial charge in [0.1, 0.15) is 0 Å². The molecule has 214 valence electrons. The van der Waals surface area contributed by atoms with Crippen molar-refractivity contribution in [1.29, 1.82) is 0 Å². The lowest BCUT2D eigenvalue weighted by Crippen LogP contribution is -2.46. The van der Waals surface area contributed by atoms with Crippen LogP contribution in [0.25, 0.3) is 0 Å². The standard InChI is InChI=1S/C33H38BrN5O2/c1-24-5-7-25(8-6-24)22-35-37-33(41)30-21-28(34)13-14-31(30)36-32(40)27-11-9-26(10-12-27)23-38-19-15-29(16-20-38)39-17-3-2-4-18-39/h5-14,21-22,29H,2-4,15-20,23H2,1H3,(H,36,40)(H,37,41)/b35-22+. The summed E-state index contributed by atoms with van der Waals surface area (Å²) in [5, 5.41) is 6.98. The Morgan fingerprint density at radius 2 is 1.61 bits per heavy atom. The zero-order chi connectivity index (χ0) is 28.6. The van der Waals surface area contributed by atoms with Gasteiger partial charge in [0.25, 0.3) is 11.8 Å². The maximum Gasteiger partial charge on any atom is 0.273 e. The number of amides is 2. The van der Waals surface area contributed by atoms with Gasteiger partial charge >= 0.3 is 0 Å². The van der Waals surface area contributed by atoms with Crippen LogP contribution in [0.4, 0.5) is 5.69 Å².